The molecule has 4 nitrogen and oxygen atoms in total. The number of hydrogen-bond donors (Lipinski definition) is 1. The van der Waals surface area contributed by atoms with E-state index in [9.17, 15) is 14.7 Å². The Kier molecular flexibility index (Phi) is 5.95. The maximum absolute atomic E-state index is 13.2. The molecule has 0 spiro atoms. The van der Waals surface area contributed by atoms with E-state index in [1.807, 2.05) is 86.6 Å². The van der Waals surface area contributed by atoms with Crippen LogP contribution in [-0.2, 0) is 22.6 Å². The van der Waals surface area contributed by atoms with Crippen LogP contribution in [0, 0.1) is 13.8 Å². The van der Waals surface area contributed by atoms with Gasteiger partial charge in [-0.05, 0) is 48.6 Å². The number of likely N-dealkylation sites (tertiary alicyclic amines) is 1. The first kappa shape index (κ1) is 21.6. The molecule has 1 N–H and O–H groups in total. The summed E-state index contributed by atoms with van der Waals surface area (Å²) in [5.41, 5.74) is 5.45. The number of rotatable bonds is 5. The fourth-order valence-corrected chi connectivity index (χ4v) is 4.24. The maximum Gasteiger partial charge on any atom is 0.295 e. The Bertz CT molecular complexity index is 1190. The van der Waals surface area contributed by atoms with Crippen molar-refractivity contribution < 1.29 is 14.7 Å². The third-order valence-electron chi connectivity index (χ3n) is 6.09. The number of carbonyl (C=O) groups is 2. The Balaban J connectivity index is 1.89. The minimum Gasteiger partial charge on any atom is -0.507 e. The van der Waals surface area contributed by atoms with Crippen molar-refractivity contribution in [3.05, 3.63) is 112 Å². The van der Waals surface area contributed by atoms with Crippen molar-refractivity contribution >= 4 is 17.4 Å². The van der Waals surface area contributed by atoms with Gasteiger partial charge in [-0.1, -0.05) is 79.2 Å². The lowest BCUT2D eigenvalue weighted by Crippen LogP contribution is -2.29. The van der Waals surface area contributed by atoms with Crippen LogP contribution in [0.25, 0.3) is 5.76 Å². The van der Waals surface area contributed by atoms with Crippen molar-refractivity contribution in [1.29, 1.82) is 0 Å². The number of ketones is 1. The molecule has 0 saturated carbocycles. The number of nitrogens with zero attached hydrogens (tertiary/aromatic N) is 1. The fourth-order valence-electron chi connectivity index (χ4n) is 4.24. The predicted molar refractivity (Wildman–Crippen MR) is 126 cm³/mol. The first-order valence-electron chi connectivity index (χ1n) is 10.9. The number of Topliss-reactive ketones (excluding diaryl/α,β-unsaturated/α-hetero) is 1. The number of hydrogen-bond acceptors (Lipinski definition) is 3. The van der Waals surface area contributed by atoms with Gasteiger partial charge in [0.05, 0.1) is 11.6 Å². The van der Waals surface area contributed by atoms with E-state index in [1.54, 1.807) is 4.90 Å². The van der Waals surface area contributed by atoms with Gasteiger partial charge in [-0.15, -0.1) is 0 Å². The van der Waals surface area contributed by atoms with Gasteiger partial charge in [0.15, 0.2) is 0 Å². The second-order valence-corrected chi connectivity index (χ2v) is 8.33. The lowest BCUT2D eigenvalue weighted by Gasteiger charge is -2.26. The molecule has 1 unspecified atom stereocenters. The van der Waals surface area contributed by atoms with Gasteiger partial charge in [0.1, 0.15) is 5.76 Å². The zero-order valence-corrected chi connectivity index (χ0v) is 18.6. The van der Waals surface area contributed by atoms with Crippen LogP contribution < -0.4 is 0 Å². The molecule has 3 aromatic rings. The number of aliphatic hydroxyl groups is 1. The molecule has 1 fully saturated rings. The van der Waals surface area contributed by atoms with E-state index in [4.69, 9.17) is 0 Å². The van der Waals surface area contributed by atoms with Crippen LogP contribution in [-0.4, -0.2) is 21.7 Å². The molecule has 1 saturated heterocycles. The van der Waals surface area contributed by atoms with Crippen molar-refractivity contribution in [2.75, 3.05) is 0 Å². The van der Waals surface area contributed by atoms with E-state index >= 15 is 0 Å². The molecule has 1 aliphatic rings. The normalized spacial score (nSPS) is 17.7. The second kappa shape index (κ2) is 8.83. The number of carbonyl (C=O) groups excluding carboxylic acids is 2. The van der Waals surface area contributed by atoms with E-state index in [-0.39, 0.29) is 17.9 Å². The van der Waals surface area contributed by atoms with Crippen molar-refractivity contribution in [3.8, 4) is 0 Å². The van der Waals surface area contributed by atoms with Crippen LogP contribution in [0.15, 0.2) is 78.4 Å². The summed E-state index contributed by atoms with van der Waals surface area (Å²) in [4.78, 5) is 27.9. The third-order valence-corrected chi connectivity index (χ3v) is 6.09. The lowest BCUT2D eigenvalue weighted by molar-refractivity contribution is -0.140. The SMILES string of the molecule is CCc1ccc(C2/C(=C(\O)c3cc(C)ccc3C)C(=O)C(=O)N2Cc2ccccc2)cc1. The van der Waals surface area contributed by atoms with Gasteiger partial charge >= 0.3 is 0 Å². The number of aryl methyl sites for hydroxylation is 3. The minimum absolute atomic E-state index is 0.121. The van der Waals surface area contributed by atoms with Gasteiger partial charge in [0.25, 0.3) is 11.7 Å². The van der Waals surface area contributed by atoms with E-state index < -0.39 is 17.7 Å². The summed E-state index contributed by atoms with van der Waals surface area (Å²) >= 11 is 0. The summed E-state index contributed by atoms with van der Waals surface area (Å²) in [5, 5.41) is 11.3. The van der Waals surface area contributed by atoms with Crippen molar-refractivity contribution in [2.24, 2.45) is 0 Å². The summed E-state index contributed by atoms with van der Waals surface area (Å²) in [6.45, 7) is 6.19. The average Bonchev–Trinajstić information content (AvgIpc) is 3.06. The van der Waals surface area contributed by atoms with Crippen LogP contribution in [0.2, 0.25) is 0 Å². The molecule has 4 rings (SSSR count). The highest BCUT2D eigenvalue weighted by Crippen LogP contribution is 2.40. The molecule has 162 valence electrons. The summed E-state index contributed by atoms with van der Waals surface area (Å²) in [6.07, 6.45) is 0.896. The first-order valence-corrected chi connectivity index (χ1v) is 10.9. The molecule has 3 aromatic carbocycles. The Morgan fingerprint density at radius 3 is 2.25 bits per heavy atom. The maximum atomic E-state index is 13.2. The van der Waals surface area contributed by atoms with Crippen LogP contribution >= 0.6 is 0 Å². The fraction of sp³-hybridized carbons (Fsp3) is 0.214. The lowest BCUT2D eigenvalue weighted by atomic mass is 9.92. The molecular weight excluding hydrogens is 398 g/mol. The van der Waals surface area contributed by atoms with Crippen molar-refractivity contribution in [3.63, 3.8) is 0 Å². The summed E-state index contributed by atoms with van der Waals surface area (Å²) in [5.74, 6) is -1.36. The zero-order valence-electron chi connectivity index (χ0n) is 18.6. The Morgan fingerprint density at radius 2 is 1.59 bits per heavy atom. The van der Waals surface area contributed by atoms with Crippen molar-refractivity contribution in [2.45, 2.75) is 39.8 Å². The van der Waals surface area contributed by atoms with E-state index in [0.29, 0.717) is 5.56 Å². The Hall–Kier alpha value is -3.66. The van der Waals surface area contributed by atoms with Gasteiger partial charge in [0, 0.05) is 12.1 Å². The Morgan fingerprint density at radius 1 is 0.906 bits per heavy atom. The van der Waals surface area contributed by atoms with E-state index in [1.165, 1.54) is 5.56 Å². The van der Waals surface area contributed by atoms with Crippen molar-refractivity contribution in [1.82, 2.24) is 4.90 Å². The van der Waals surface area contributed by atoms with Gasteiger partial charge in [-0.25, -0.2) is 0 Å². The van der Waals surface area contributed by atoms with E-state index in [0.717, 1.165) is 28.7 Å². The van der Waals surface area contributed by atoms with Gasteiger partial charge in [0.2, 0.25) is 0 Å². The largest absolute Gasteiger partial charge is 0.507 e. The highest BCUT2D eigenvalue weighted by atomic mass is 16.3. The molecule has 1 atom stereocenters. The second-order valence-electron chi connectivity index (χ2n) is 8.33. The molecular formula is C28H27NO3. The van der Waals surface area contributed by atoms with Crippen LogP contribution in [0.3, 0.4) is 0 Å². The third kappa shape index (κ3) is 3.96. The zero-order chi connectivity index (χ0) is 22.8. The highest BCUT2D eigenvalue weighted by Gasteiger charge is 2.46. The average molecular weight is 426 g/mol. The first-order chi connectivity index (χ1) is 15.4. The monoisotopic (exact) mass is 425 g/mol. The standard InChI is InChI=1S/C28H27NO3/c1-4-20-12-14-22(15-13-20)25-24(26(30)23-16-18(2)10-11-19(23)3)27(31)28(32)29(25)17-21-8-6-5-7-9-21/h5-16,25,30H,4,17H2,1-3H3/b26-24+. The van der Waals surface area contributed by atoms with E-state index in [2.05, 4.69) is 6.92 Å². The number of amides is 1. The number of aliphatic hydroxyl groups excluding tert-OH is 1. The molecule has 1 amide bonds. The molecule has 1 heterocycles. The number of benzene rings is 3. The summed E-state index contributed by atoms with van der Waals surface area (Å²) in [6, 6.07) is 22.6. The van der Waals surface area contributed by atoms with Crippen LogP contribution in [0.5, 0.6) is 0 Å². The van der Waals surface area contributed by atoms with Crippen LogP contribution in [0.4, 0.5) is 0 Å². The predicted octanol–water partition coefficient (Wildman–Crippen LogP) is 5.49. The molecule has 0 bridgehead atoms. The molecule has 0 radical (unpaired) electrons. The van der Waals surface area contributed by atoms with Gasteiger partial charge in [-0.2, -0.15) is 0 Å². The van der Waals surface area contributed by atoms with Gasteiger partial charge < -0.3 is 10.0 Å². The van der Waals surface area contributed by atoms with Crippen LogP contribution in [0.1, 0.15) is 46.3 Å². The molecule has 4 heteroatoms. The summed E-state index contributed by atoms with van der Waals surface area (Å²) < 4.78 is 0. The Labute approximate surface area is 188 Å². The molecule has 1 aliphatic heterocycles. The smallest absolute Gasteiger partial charge is 0.295 e. The topological polar surface area (TPSA) is 57.6 Å². The molecule has 0 aliphatic carbocycles. The summed E-state index contributed by atoms with van der Waals surface area (Å²) in [7, 11) is 0. The van der Waals surface area contributed by atoms with Gasteiger partial charge in [-0.3, -0.25) is 9.59 Å². The highest BCUT2D eigenvalue weighted by molar-refractivity contribution is 6.46. The minimum atomic E-state index is -0.652. The quantitative estimate of drug-likeness (QED) is 0.334. The molecule has 32 heavy (non-hydrogen) atoms. The molecule has 0 aromatic heterocycles.